The van der Waals surface area contributed by atoms with Gasteiger partial charge in [0, 0.05) is 6.42 Å². The topological polar surface area (TPSA) is 0 Å². The molecule has 0 saturated carbocycles. The number of allylic oxidation sites excluding steroid dienone is 4. The Morgan fingerprint density at radius 3 is 2.50 bits per heavy atom. The lowest BCUT2D eigenvalue weighted by Gasteiger charge is -2.43. The highest BCUT2D eigenvalue weighted by Gasteiger charge is 2.38. The van der Waals surface area contributed by atoms with Gasteiger partial charge >= 0.3 is 0 Å². The number of terminal acetylenes is 1. The fourth-order valence-corrected chi connectivity index (χ4v) is 1.79. The van der Waals surface area contributed by atoms with Crippen molar-refractivity contribution in [3.05, 3.63) is 23.8 Å². The Kier molecular flexibility index (Phi) is 3.66. The first-order valence-corrected chi connectivity index (χ1v) is 5.70. The lowest BCUT2D eigenvalue weighted by atomic mass is 9.61. The summed E-state index contributed by atoms with van der Waals surface area (Å²) in [6, 6.07) is 0. The van der Waals surface area contributed by atoms with Crippen LogP contribution in [-0.2, 0) is 0 Å². The zero-order chi connectivity index (χ0) is 12.2. The summed E-state index contributed by atoms with van der Waals surface area (Å²) in [4.78, 5) is 0. The monoisotopic (exact) mass is 212 g/mol. The summed E-state index contributed by atoms with van der Waals surface area (Å²) in [6.45, 7) is 9.10. The zero-order valence-corrected chi connectivity index (χ0v) is 10.7. The molecule has 0 heteroatoms. The van der Waals surface area contributed by atoms with Crippen molar-refractivity contribution < 1.29 is 0 Å². The first-order chi connectivity index (χ1) is 7.42. The highest BCUT2D eigenvalue weighted by molar-refractivity contribution is 5.33. The van der Waals surface area contributed by atoms with Crippen molar-refractivity contribution >= 4 is 0 Å². The number of rotatable bonds is 1. The first kappa shape index (κ1) is 12.7. The minimum absolute atomic E-state index is 0.159. The van der Waals surface area contributed by atoms with E-state index in [0.29, 0.717) is 6.42 Å². The molecule has 0 aromatic heterocycles. The highest BCUT2D eigenvalue weighted by atomic mass is 14.4. The summed E-state index contributed by atoms with van der Waals surface area (Å²) in [5, 5.41) is 0. The molecule has 1 aliphatic carbocycles. The largest absolute Gasteiger partial charge is 0.119 e. The summed E-state index contributed by atoms with van der Waals surface area (Å²) in [7, 11) is 0. The molecule has 0 saturated heterocycles. The summed E-state index contributed by atoms with van der Waals surface area (Å²) >= 11 is 0. The zero-order valence-electron chi connectivity index (χ0n) is 10.7. The molecule has 0 atom stereocenters. The van der Waals surface area contributed by atoms with Crippen LogP contribution in [0.2, 0.25) is 0 Å². The maximum atomic E-state index is 5.17. The van der Waals surface area contributed by atoms with Gasteiger partial charge in [-0.15, -0.1) is 6.42 Å². The molecule has 0 heterocycles. The van der Waals surface area contributed by atoms with Crippen molar-refractivity contribution in [3.63, 3.8) is 0 Å². The normalized spacial score (nSPS) is 20.3. The van der Waals surface area contributed by atoms with Gasteiger partial charge in [-0.2, -0.15) is 0 Å². The Balaban J connectivity index is 2.83. The third-order valence-corrected chi connectivity index (χ3v) is 3.82. The Bertz CT molecular complexity index is 411. The molecule has 84 valence electrons. The van der Waals surface area contributed by atoms with Crippen LogP contribution in [0.25, 0.3) is 0 Å². The summed E-state index contributed by atoms with van der Waals surface area (Å²) < 4.78 is 0. The fourth-order valence-electron chi connectivity index (χ4n) is 1.79. The van der Waals surface area contributed by atoms with Gasteiger partial charge in [0.15, 0.2) is 0 Å². The van der Waals surface area contributed by atoms with E-state index in [2.05, 4.69) is 63.7 Å². The van der Waals surface area contributed by atoms with Crippen molar-refractivity contribution in [2.24, 2.45) is 10.8 Å². The highest BCUT2D eigenvalue weighted by Crippen LogP contribution is 2.48. The lowest BCUT2D eigenvalue weighted by molar-refractivity contribution is 0.208. The van der Waals surface area contributed by atoms with E-state index < -0.39 is 0 Å². The molecule has 0 bridgehead atoms. The molecule has 0 unspecified atom stereocenters. The van der Waals surface area contributed by atoms with Crippen LogP contribution in [0.3, 0.4) is 0 Å². The van der Waals surface area contributed by atoms with Crippen LogP contribution >= 0.6 is 0 Å². The molecular formula is C16H20. The van der Waals surface area contributed by atoms with E-state index in [0.717, 1.165) is 6.42 Å². The van der Waals surface area contributed by atoms with E-state index in [1.54, 1.807) is 0 Å². The minimum Gasteiger partial charge on any atom is -0.119 e. The second-order valence-corrected chi connectivity index (χ2v) is 5.31. The number of hydrogen-bond acceptors (Lipinski definition) is 0. The molecule has 1 aliphatic rings. The molecule has 0 radical (unpaired) electrons. The Hall–Kier alpha value is -1.40. The second kappa shape index (κ2) is 4.63. The lowest BCUT2D eigenvalue weighted by Crippen LogP contribution is -2.34. The van der Waals surface area contributed by atoms with Crippen molar-refractivity contribution in [1.82, 2.24) is 0 Å². The minimum atomic E-state index is 0.159. The van der Waals surface area contributed by atoms with Crippen LogP contribution in [0.1, 0.15) is 40.5 Å². The molecule has 0 N–H and O–H groups in total. The average Bonchev–Trinajstić information content (AvgIpc) is 2.19. The van der Waals surface area contributed by atoms with Gasteiger partial charge in [0.05, 0.1) is 6.42 Å². The molecule has 0 aromatic rings. The van der Waals surface area contributed by atoms with E-state index in [1.807, 2.05) is 0 Å². The second-order valence-electron chi connectivity index (χ2n) is 5.31. The predicted molar refractivity (Wildman–Crippen MR) is 70.6 cm³/mol. The third kappa shape index (κ3) is 2.40. The van der Waals surface area contributed by atoms with Gasteiger partial charge in [-0.05, 0) is 10.8 Å². The maximum Gasteiger partial charge on any atom is 0.0700 e. The Labute approximate surface area is 99.8 Å². The van der Waals surface area contributed by atoms with Gasteiger partial charge in [-0.1, -0.05) is 69.3 Å². The van der Waals surface area contributed by atoms with Gasteiger partial charge in [0.25, 0.3) is 0 Å². The van der Waals surface area contributed by atoms with Crippen LogP contribution in [0.5, 0.6) is 0 Å². The molecular weight excluding hydrogens is 192 g/mol. The molecule has 0 aliphatic heterocycles. The van der Waals surface area contributed by atoms with Crippen LogP contribution in [0.15, 0.2) is 23.8 Å². The van der Waals surface area contributed by atoms with Crippen molar-refractivity contribution in [1.29, 1.82) is 0 Å². The van der Waals surface area contributed by atoms with Gasteiger partial charge in [0.1, 0.15) is 0 Å². The molecule has 0 nitrogen and oxygen atoms in total. The van der Waals surface area contributed by atoms with Crippen LogP contribution in [0, 0.1) is 35.0 Å². The smallest absolute Gasteiger partial charge is 0.0700 e. The van der Waals surface area contributed by atoms with Crippen LogP contribution in [0.4, 0.5) is 0 Å². The summed E-state index contributed by atoms with van der Waals surface area (Å²) in [5.74, 6) is 8.69. The number of hydrogen-bond donors (Lipinski definition) is 0. The van der Waals surface area contributed by atoms with E-state index >= 15 is 0 Å². The van der Waals surface area contributed by atoms with Gasteiger partial charge in [-0.3, -0.25) is 0 Å². The van der Waals surface area contributed by atoms with Crippen LogP contribution < -0.4 is 0 Å². The van der Waals surface area contributed by atoms with Crippen molar-refractivity contribution in [2.45, 2.75) is 40.5 Å². The quantitative estimate of drug-likeness (QED) is 0.577. The summed E-state index contributed by atoms with van der Waals surface area (Å²) in [6.07, 6.45) is 13.1. The van der Waals surface area contributed by atoms with E-state index in [1.165, 1.54) is 5.57 Å². The summed E-state index contributed by atoms with van der Waals surface area (Å²) in [5.41, 5.74) is 1.74. The third-order valence-electron chi connectivity index (χ3n) is 3.82. The van der Waals surface area contributed by atoms with Gasteiger partial charge in [-0.25, -0.2) is 0 Å². The molecule has 0 aromatic carbocycles. The molecule has 0 spiro atoms. The molecule has 0 fully saturated rings. The van der Waals surface area contributed by atoms with Crippen molar-refractivity contribution in [2.75, 3.05) is 0 Å². The Morgan fingerprint density at radius 2 is 1.88 bits per heavy atom. The standard InChI is InChI=1S/C16H20/c1-6-7-8-9-11-14-12-10-13-15(2,3)16(14,4)5/h1,10,12-13H,7,11H2,2-5H3. The predicted octanol–water partition coefficient (Wildman–Crippen LogP) is 3.95. The first-order valence-electron chi connectivity index (χ1n) is 5.70. The van der Waals surface area contributed by atoms with Crippen LogP contribution in [-0.4, -0.2) is 0 Å². The fraction of sp³-hybridized carbons (Fsp3) is 0.500. The van der Waals surface area contributed by atoms with E-state index in [4.69, 9.17) is 6.42 Å². The molecule has 0 amide bonds. The van der Waals surface area contributed by atoms with E-state index in [-0.39, 0.29) is 10.8 Å². The van der Waals surface area contributed by atoms with Gasteiger partial charge < -0.3 is 0 Å². The van der Waals surface area contributed by atoms with Gasteiger partial charge in [0.2, 0.25) is 0 Å². The SMILES string of the molecule is C#CCC#CCC1=CC=CC(C)(C)C1(C)C. The van der Waals surface area contributed by atoms with Crippen molar-refractivity contribution in [3.8, 4) is 24.2 Å². The Morgan fingerprint density at radius 1 is 1.19 bits per heavy atom. The average molecular weight is 212 g/mol. The molecule has 1 rings (SSSR count). The molecule has 16 heavy (non-hydrogen) atoms. The van der Waals surface area contributed by atoms with E-state index in [9.17, 15) is 0 Å². The maximum absolute atomic E-state index is 5.17.